The van der Waals surface area contributed by atoms with E-state index in [0.29, 0.717) is 18.6 Å². The van der Waals surface area contributed by atoms with Gasteiger partial charge in [0, 0.05) is 31.1 Å². The molecule has 2 fully saturated rings. The van der Waals surface area contributed by atoms with Crippen LogP contribution in [0.2, 0.25) is 0 Å². The van der Waals surface area contributed by atoms with Gasteiger partial charge in [0.25, 0.3) is 0 Å². The average Bonchev–Trinajstić information content (AvgIpc) is 3.71. The van der Waals surface area contributed by atoms with Crippen molar-refractivity contribution in [3.63, 3.8) is 0 Å². The van der Waals surface area contributed by atoms with E-state index in [2.05, 4.69) is 55.1 Å². The van der Waals surface area contributed by atoms with Crippen molar-refractivity contribution < 1.29 is 23.3 Å². The lowest BCUT2D eigenvalue weighted by molar-refractivity contribution is 0.117. The normalized spacial score (nSPS) is 18.1. The average molecular weight is 547 g/mol. The van der Waals surface area contributed by atoms with Crippen LogP contribution >= 0.6 is 0 Å². The summed E-state index contributed by atoms with van der Waals surface area (Å²) in [5.41, 5.74) is 2.70. The first-order valence-corrected chi connectivity index (χ1v) is 14.1. The van der Waals surface area contributed by atoms with Gasteiger partial charge in [0.15, 0.2) is 17.4 Å². The lowest BCUT2D eigenvalue weighted by atomic mass is 9.99. The van der Waals surface area contributed by atoms with E-state index in [1.807, 2.05) is 18.2 Å². The Morgan fingerprint density at radius 1 is 0.975 bits per heavy atom. The topological polar surface area (TPSA) is 43.4 Å². The molecular formula is C33H39FN2O4. The zero-order valence-electron chi connectivity index (χ0n) is 23.6. The molecule has 2 atom stereocenters. The Kier molecular flexibility index (Phi) is 9.12. The number of rotatable bonds is 8. The Morgan fingerprint density at radius 3 is 2.50 bits per heavy atom. The molecule has 0 radical (unpaired) electrons. The molecule has 0 bridgehead atoms. The summed E-state index contributed by atoms with van der Waals surface area (Å²) < 4.78 is 35.4. The summed E-state index contributed by atoms with van der Waals surface area (Å²) in [5.74, 6) is 4.66. The highest BCUT2D eigenvalue weighted by Crippen LogP contribution is 2.38. The number of halogens is 1. The number of benzene rings is 3. The van der Waals surface area contributed by atoms with Crippen molar-refractivity contribution in [3.8, 4) is 23.0 Å². The SMILES string of the molecule is CC(c1cccc(OC(=C2CC2)N2CCCC(COc3ccc4c(c3)OCO4)C2)c1)N(C)C.Fc1ccccc1. The Bertz CT molecular complexity index is 1290. The lowest BCUT2D eigenvalue weighted by Gasteiger charge is -2.35. The number of allylic oxidation sites excluding steroid dienone is 1. The molecule has 3 aliphatic rings. The third-order valence-electron chi connectivity index (χ3n) is 7.50. The van der Waals surface area contributed by atoms with Gasteiger partial charge in [0.2, 0.25) is 6.79 Å². The fourth-order valence-corrected chi connectivity index (χ4v) is 4.87. The molecule has 2 aliphatic heterocycles. The highest BCUT2D eigenvalue weighted by Gasteiger charge is 2.29. The van der Waals surface area contributed by atoms with E-state index in [-0.39, 0.29) is 12.6 Å². The quantitative estimate of drug-likeness (QED) is 0.283. The van der Waals surface area contributed by atoms with Crippen LogP contribution in [0.15, 0.2) is 84.3 Å². The van der Waals surface area contributed by atoms with Crippen LogP contribution in [0.1, 0.15) is 44.2 Å². The Labute approximate surface area is 236 Å². The van der Waals surface area contributed by atoms with Gasteiger partial charge in [-0.05, 0) is 94.2 Å². The van der Waals surface area contributed by atoms with E-state index in [1.165, 1.54) is 29.7 Å². The van der Waals surface area contributed by atoms with E-state index in [9.17, 15) is 4.39 Å². The number of hydrogen-bond acceptors (Lipinski definition) is 6. The Hall–Kier alpha value is -3.71. The van der Waals surface area contributed by atoms with Crippen LogP contribution in [0.25, 0.3) is 0 Å². The fourth-order valence-electron chi connectivity index (χ4n) is 4.87. The molecule has 1 saturated heterocycles. The lowest BCUT2D eigenvalue weighted by Crippen LogP contribution is -2.38. The van der Waals surface area contributed by atoms with Gasteiger partial charge in [-0.25, -0.2) is 4.39 Å². The van der Waals surface area contributed by atoms with Gasteiger partial charge in [0.1, 0.15) is 17.3 Å². The number of fused-ring (bicyclic) bond motifs is 1. The largest absolute Gasteiger partial charge is 0.493 e. The van der Waals surface area contributed by atoms with E-state index in [0.717, 1.165) is 61.2 Å². The number of piperidine rings is 1. The maximum absolute atomic E-state index is 11.9. The molecule has 6 rings (SSSR count). The second-order valence-corrected chi connectivity index (χ2v) is 10.8. The predicted octanol–water partition coefficient (Wildman–Crippen LogP) is 7.04. The van der Waals surface area contributed by atoms with Gasteiger partial charge in [-0.2, -0.15) is 0 Å². The van der Waals surface area contributed by atoms with Crippen molar-refractivity contribution in [3.05, 3.63) is 95.6 Å². The molecule has 1 saturated carbocycles. The highest BCUT2D eigenvalue weighted by molar-refractivity contribution is 5.46. The van der Waals surface area contributed by atoms with Crippen LogP contribution in [-0.2, 0) is 0 Å². The molecule has 0 spiro atoms. The molecule has 3 aromatic carbocycles. The van der Waals surface area contributed by atoms with E-state index >= 15 is 0 Å². The molecule has 40 heavy (non-hydrogen) atoms. The highest BCUT2D eigenvalue weighted by atomic mass is 19.1. The first-order valence-electron chi connectivity index (χ1n) is 14.1. The number of nitrogens with zero attached hydrogens (tertiary/aromatic N) is 2. The van der Waals surface area contributed by atoms with Crippen molar-refractivity contribution in [1.29, 1.82) is 0 Å². The summed E-state index contributed by atoms with van der Waals surface area (Å²) in [6.45, 7) is 5.18. The molecule has 212 valence electrons. The van der Waals surface area contributed by atoms with Crippen molar-refractivity contribution in [2.45, 2.75) is 38.6 Å². The van der Waals surface area contributed by atoms with Crippen LogP contribution in [0.3, 0.4) is 0 Å². The minimum Gasteiger partial charge on any atom is -0.493 e. The summed E-state index contributed by atoms with van der Waals surface area (Å²) in [7, 11) is 4.21. The van der Waals surface area contributed by atoms with E-state index in [4.69, 9.17) is 18.9 Å². The van der Waals surface area contributed by atoms with Gasteiger partial charge < -0.3 is 28.7 Å². The van der Waals surface area contributed by atoms with Gasteiger partial charge in [-0.3, -0.25) is 0 Å². The summed E-state index contributed by atoms with van der Waals surface area (Å²) in [6.07, 6.45) is 4.59. The molecular weight excluding hydrogens is 507 g/mol. The minimum absolute atomic E-state index is 0.178. The maximum atomic E-state index is 11.9. The summed E-state index contributed by atoms with van der Waals surface area (Å²) in [5, 5.41) is 0. The number of hydrogen-bond donors (Lipinski definition) is 0. The second-order valence-electron chi connectivity index (χ2n) is 10.8. The Morgan fingerprint density at radius 2 is 1.77 bits per heavy atom. The number of ether oxygens (including phenoxy) is 4. The first kappa shape index (κ1) is 27.8. The number of likely N-dealkylation sites (tertiary alicyclic amines) is 1. The smallest absolute Gasteiger partial charge is 0.231 e. The molecule has 7 heteroatoms. The van der Waals surface area contributed by atoms with Crippen LogP contribution in [0, 0.1) is 11.7 Å². The van der Waals surface area contributed by atoms with E-state index < -0.39 is 0 Å². The molecule has 2 unspecified atom stereocenters. The summed E-state index contributed by atoms with van der Waals surface area (Å²) in [6, 6.07) is 22.6. The van der Waals surface area contributed by atoms with Gasteiger partial charge >= 0.3 is 0 Å². The Balaban J connectivity index is 0.000000403. The monoisotopic (exact) mass is 546 g/mol. The van der Waals surface area contributed by atoms with Crippen LogP contribution < -0.4 is 18.9 Å². The summed E-state index contributed by atoms with van der Waals surface area (Å²) >= 11 is 0. The molecule has 3 aromatic rings. The molecule has 6 nitrogen and oxygen atoms in total. The predicted molar refractivity (Wildman–Crippen MR) is 154 cm³/mol. The maximum Gasteiger partial charge on any atom is 0.231 e. The third kappa shape index (κ3) is 7.48. The minimum atomic E-state index is -0.178. The van der Waals surface area contributed by atoms with Crippen molar-refractivity contribution >= 4 is 0 Å². The van der Waals surface area contributed by atoms with Crippen LogP contribution in [0.5, 0.6) is 23.0 Å². The molecule has 1 aliphatic carbocycles. The van der Waals surface area contributed by atoms with Crippen molar-refractivity contribution in [2.24, 2.45) is 5.92 Å². The van der Waals surface area contributed by atoms with Gasteiger partial charge in [-0.15, -0.1) is 0 Å². The fraction of sp³-hybridized carbons (Fsp3) is 0.394. The third-order valence-corrected chi connectivity index (χ3v) is 7.50. The molecule has 0 aromatic heterocycles. The standard InChI is InChI=1S/C27H34N2O4.C6H5F/c1-19(28(2)3)22-7-4-8-24(14-22)33-27(21-9-10-21)29-13-5-6-20(16-29)17-30-23-11-12-25-26(15-23)32-18-31-25;7-6-4-2-1-3-5-6/h4,7-8,11-12,14-15,19-20H,5-6,9-10,13,16-18H2,1-3H3;1-5H. The van der Waals surface area contributed by atoms with Crippen LogP contribution in [-0.4, -0.2) is 50.4 Å². The molecule has 0 N–H and O–H groups in total. The molecule has 2 heterocycles. The van der Waals surface area contributed by atoms with Gasteiger partial charge in [0.05, 0.1) is 6.61 Å². The zero-order valence-corrected chi connectivity index (χ0v) is 23.6. The zero-order chi connectivity index (χ0) is 27.9. The molecule has 0 amide bonds. The van der Waals surface area contributed by atoms with Crippen LogP contribution in [0.4, 0.5) is 4.39 Å². The van der Waals surface area contributed by atoms with E-state index in [1.54, 1.807) is 18.2 Å². The first-order chi connectivity index (χ1) is 19.5. The summed E-state index contributed by atoms with van der Waals surface area (Å²) in [4.78, 5) is 4.65. The van der Waals surface area contributed by atoms with Crippen molar-refractivity contribution in [1.82, 2.24) is 9.80 Å². The van der Waals surface area contributed by atoms with Crippen molar-refractivity contribution in [2.75, 3.05) is 40.6 Å². The second kappa shape index (κ2) is 13.1. The van der Waals surface area contributed by atoms with Gasteiger partial charge in [-0.1, -0.05) is 30.3 Å².